The van der Waals surface area contributed by atoms with Crippen molar-refractivity contribution in [3.05, 3.63) is 47.0 Å². The highest BCUT2D eigenvalue weighted by Gasteiger charge is 2.30. The number of likely N-dealkylation sites (tertiary alicyclic amines) is 1. The van der Waals surface area contributed by atoms with E-state index in [1.165, 1.54) is 6.07 Å². The molecule has 1 aromatic heterocycles. The molecule has 1 aliphatic heterocycles. The van der Waals surface area contributed by atoms with E-state index in [0.717, 1.165) is 31.4 Å². The van der Waals surface area contributed by atoms with Gasteiger partial charge in [0.25, 0.3) is 0 Å². The molecule has 1 atom stereocenters. The number of aromatic nitrogens is 3. The molecule has 1 amide bonds. The number of nitrogens with zero attached hydrogens (tertiary/aromatic N) is 3. The smallest absolute Gasteiger partial charge is 0.227 e. The molecule has 5 nitrogen and oxygen atoms in total. The van der Waals surface area contributed by atoms with E-state index in [0.29, 0.717) is 18.2 Å². The van der Waals surface area contributed by atoms with Crippen LogP contribution in [0.3, 0.4) is 0 Å². The van der Waals surface area contributed by atoms with E-state index in [4.69, 9.17) is 0 Å². The zero-order valence-corrected chi connectivity index (χ0v) is 12.9. The molecule has 1 aliphatic rings. The van der Waals surface area contributed by atoms with Crippen LogP contribution >= 0.6 is 0 Å². The van der Waals surface area contributed by atoms with Gasteiger partial charge in [-0.25, -0.2) is 13.8 Å². The Morgan fingerprint density at radius 1 is 1.39 bits per heavy atom. The van der Waals surface area contributed by atoms with Gasteiger partial charge >= 0.3 is 0 Å². The van der Waals surface area contributed by atoms with Crippen LogP contribution in [0.25, 0.3) is 0 Å². The average molecular weight is 320 g/mol. The fourth-order valence-corrected chi connectivity index (χ4v) is 2.94. The van der Waals surface area contributed by atoms with Crippen molar-refractivity contribution in [1.82, 2.24) is 20.1 Å². The molecule has 0 aliphatic carbocycles. The Kier molecular flexibility index (Phi) is 4.36. The van der Waals surface area contributed by atoms with Crippen LogP contribution in [0.2, 0.25) is 0 Å². The number of aromatic amines is 1. The lowest BCUT2D eigenvalue weighted by Gasteiger charge is -2.34. The average Bonchev–Trinajstić information content (AvgIpc) is 2.96. The summed E-state index contributed by atoms with van der Waals surface area (Å²) in [5.41, 5.74) is 0.201. The number of amides is 1. The summed E-state index contributed by atoms with van der Waals surface area (Å²) in [6, 6.07) is 3.09. The Morgan fingerprint density at radius 2 is 2.22 bits per heavy atom. The van der Waals surface area contributed by atoms with Crippen LogP contribution in [0.4, 0.5) is 8.78 Å². The second-order valence-corrected chi connectivity index (χ2v) is 5.79. The largest absolute Gasteiger partial charge is 0.332 e. The molecule has 1 saturated heterocycles. The molecule has 7 heteroatoms. The summed E-state index contributed by atoms with van der Waals surface area (Å²) in [6.45, 7) is 2.40. The standard InChI is InChI=1S/C16H18F2N4O/c1-10-19-16(21-20-10)14-4-2-3-7-22(14)15(23)8-11-5-6-12(17)9-13(11)18/h5-6,9,14H,2-4,7-8H2,1H3,(H,19,20,21)/t14-/m1/s1. The lowest BCUT2D eigenvalue weighted by molar-refractivity contribution is -0.134. The van der Waals surface area contributed by atoms with E-state index in [1.54, 1.807) is 11.8 Å². The monoisotopic (exact) mass is 320 g/mol. The van der Waals surface area contributed by atoms with E-state index in [-0.39, 0.29) is 23.9 Å². The topological polar surface area (TPSA) is 61.9 Å². The number of hydrogen-bond acceptors (Lipinski definition) is 3. The van der Waals surface area contributed by atoms with E-state index < -0.39 is 11.6 Å². The molecule has 2 heterocycles. The van der Waals surface area contributed by atoms with Crippen molar-refractivity contribution in [3.8, 4) is 0 Å². The summed E-state index contributed by atoms with van der Waals surface area (Å²) in [5.74, 6) is -0.244. The Balaban J connectivity index is 1.78. The summed E-state index contributed by atoms with van der Waals surface area (Å²) in [4.78, 5) is 18.6. The van der Waals surface area contributed by atoms with Gasteiger partial charge in [0.05, 0.1) is 12.5 Å². The van der Waals surface area contributed by atoms with Gasteiger partial charge in [-0.2, -0.15) is 5.10 Å². The van der Waals surface area contributed by atoms with Gasteiger partial charge in [-0.1, -0.05) is 6.07 Å². The van der Waals surface area contributed by atoms with Crippen molar-refractivity contribution in [2.75, 3.05) is 6.54 Å². The van der Waals surface area contributed by atoms with Gasteiger partial charge in [-0.3, -0.25) is 9.89 Å². The van der Waals surface area contributed by atoms with Gasteiger partial charge in [-0.05, 0) is 37.8 Å². The Labute approximate surface area is 132 Å². The summed E-state index contributed by atoms with van der Waals surface area (Å²) in [5, 5.41) is 6.94. The first kappa shape index (κ1) is 15.6. The molecule has 1 fully saturated rings. The van der Waals surface area contributed by atoms with Gasteiger partial charge in [-0.15, -0.1) is 0 Å². The zero-order chi connectivity index (χ0) is 16.4. The number of benzene rings is 1. The van der Waals surface area contributed by atoms with Crippen molar-refractivity contribution in [2.24, 2.45) is 0 Å². The molecular weight excluding hydrogens is 302 g/mol. The third-order valence-corrected chi connectivity index (χ3v) is 4.09. The minimum absolute atomic E-state index is 0.0913. The van der Waals surface area contributed by atoms with Gasteiger partial charge < -0.3 is 4.90 Å². The van der Waals surface area contributed by atoms with Crippen molar-refractivity contribution >= 4 is 5.91 Å². The van der Waals surface area contributed by atoms with E-state index >= 15 is 0 Å². The van der Waals surface area contributed by atoms with Gasteiger partial charge in [0.2, 0.25) is 5.91 Å². The normalized spacial score (nSPS) is 18.2. The maximum atomic E-state index is 13.8. The minimum Gasteiger partial charge on any atom is -0.332 e. The van der Waals surface area contributed by atoms with Crippen molar-refractivity contribution < 1.29 is 13.6 Å². The number of carbonyl (C=O) groups is 1. The Hall–Kier alpha value is -2.31. The van der Waals surface area contributed by atoms with Crippen molar-refractivity contribution in [3.63, 3.8) is 0 Å². The molecule has 3 rings (SSSR count). The highest BCUT2D eigenvalue weighted by molar-refractivity contribution is 5.79. The Morgan fingerprint density at radius 3 is 2.91 bits per heavy atom. The predicted octanol–water partition coefficient (Wildman–Crippen LogP) is 2.69. The van der Waals surface area contributed by atoms with Crippen molar-refractivity contribution in [2.45, 2.75) is 38.6 Å². The minimum atomic E-state index is -0.694. The second kappa shape index (κ2) is 6.44. The number of aryl methyl sites for hydroxylation is 1. The van der Waals surface area contributed by atoms with Crippen LogP contribution in [0.5, 0.6) is 0 Å². The first-order valence-corrected chi connectivity index (χ1v) is 7.67. The quantitative estimate of drug-likeness (QED) is 0.946. The van der Waals surface area contributed by atoms with Crippen LogP contribution in [-0.4, -0.2) is 32.5 Å². The predicted molar refractivity (Wildman–Crippen MR) is 79.5 cm³/mol. The SMILES string of the molecule is Cc1nc([C@H]2CCCCN2C(=O)Cc2ccc(F)cc2F)n[nH]1. The van der Waals surface area contributed by atoms with E-state index in [1.807, 2.05) is 0 Å². The lowest BCUT2D eigenvalue weighted by Crippen LogP contribution is -2.40. The second-order valence-electron chi connectivity index (χ2n) is 5.79. The third kappa shape index (κ3) is 3.38. The van der Waals surface area contributed by atoms with Crippen LogP contribution in [0.1, 0.15) is 42.5 Å². The van der Waals surface area contributed by atoms with E-state index in [9.17, 15) is 13.6 Å². The lowest BCUT2D eigenvalue weighted by atomic mass is 10.00. The number of hydrogen-bond donors (Lipinski definition) is 1. The number of carbonyl (C=O) groups excluding carboxylic acids is 1. The van der Waals surface area contributed by atoms with Crippen LogP contribution < -0.4 is 0 Å². The van der Waals surface area contributed by atoms with Gasteiger partial charge in [0.15, 0.2) is 5.82 Å². The highest BCUT2D eigenvalue weighted by atomic mass is 19.1. The maximum absolute atomic E-state index is 13.8. The highest BCUT2D eigenvalue weighted by Crippen LogP contribution is 2.29. The molecule has 122 valence electrons. The van der Waals surface area contributed by atoms with Crippen molar-refractivity contribution in [1.29, 1.82) is 0 Å². The molecular formula is C16H18F2N4O. The number of halogens is 2. The molecule has 0 unspecified atom stereocenters. The summed E-state index contributed by atoms with van der Waals surface area (Å²) in [7, 11) is 0. The molecule has 1 aromatic carbocycles. The van der Waals surface area contributed by atoms with Crippen LogP contribution in [0.15, 0.2) is 18.2 Å². The number of nitrogens with one attached hydrogen (secondary N) is 1. The van der Waals surface area contributed by atoms with Gasteiger partial charge in [0.1, 0.15) is 17.5 Å². The Bertz CT molecular complexity index is 716. The van der Waals surface area contributed by atoms with Gasteiger partial charge in [0, 0.05) is 12.6 Å². The summed E-state index contributed by atoms with van der Waals surface area (Å²) < 4.78 is 26.7. The zero-order valence-electron chi connectivity index (χ0n) is 12.9. The molecule has 23 heavy (non-hydrogen) atoms. The summed E-state index contributed by atoms with van der Waals surface area (Å²) >= 11 is 0. The molecule has 0 radical (unpaired) electrons. The third-order valence-electron chi connectivity index (χ3n) is 4.09. The molecule has 1 N–H and O–H groups in total. The van der Waals surface area contributed by atoms with Crippen LogP contribution in [0, 0.1) is 18.6 Å². The number of H-pyrrole nitrogens is 1. The number of rotatable bonds is 3. The first-order chi connectivity index (χ1) is 11.0. The van der Waals surface area contributed by atoms with Crippen LogP contribution in [-0.2, 0) is 11.2 Å². The molecule has 0 saturated carbocycles. The fourth-order valence-electron chi connectivity index (χ4n) is 2.94. The maximum Gasteiger partial charge on any atom is 0.227 e. The molecule has 0 spiro atoms. The molecule has 2 aromatic rings. The number of piperidine rings is 1. The fraction of sp³-hybridized carbons (Fsp3) is 0.438. The molecule has 0 bridgehead atoms. The summed E-state index contributed by atoms with van der Waals surface area (Å²) in [6.07, 6.45) is 2.59. The first-order valence-electron chi connectivity index (χ1n) is 7.67. The van der Waals surface area contributed by atoms with E-state index in [2.05, 4.69) is 15.2 Å².